The number of carbonyl (C=O) groups is 1. The normalized spacial score (nSPS) is 17.8. The quantitative estimate of drug-likeness (QED) is 0.851. The molecule has 2 aromatic carbocycles. The van der Waals surface area contributed by atoms with Gasteiger partial charge in [-0.05, 0) is 29.9 Å². The van der Waals surface area contributed by atoms with Crippen LogP contribution in [0.15, 0.2) is 60.7 Å². The maximum absolute atomic E-state index is 12.2. The summed E-state index contributed by atoms with van der Waals surface area (Å²) in [6.45, 7) is 0. The van der Waals surface area contributed by atoms with Crippen molar-refractivity contribution in [1.29, 1.82) is 0 Å². The maximum atomic E-state index is 12.2. The van der Waals surface area contributed by atoms with Gasteiger partial charge in [-0.15, -0.1) is 0 Å². The minimum absolute atomic E-state index is 0.0480. The van der Waals surface area contributed by atoms with E-state index in [2.05, 4.69) is 29.6 Å². The first-order valence-corrected chi connectivity index (χ1v) is 8.60. The third-order valence-electron chi connectivity index (χ3n) is 3.83. The Hall–Kier alpha value is -1.65. The molecule has 1 amide bonds. The summed E-state index contributed by atoms with van der Waals surface area (Å²) in [5.74, 6) is 0.280. The second-order valence-electron chi connectivity index (χ2n) is 5.45. The molecule has 22 heavy (non-hydrogen) atoms. The minimum atomic E-state index is -0.104. The van der Waals surface area contributed by atoms with Crippen molar-refractivity contribution < 1.29 is 4.79 Å². The topological polar surface area (TPSA) is 29.1 Å². The van der Waals surface area contributed by atoms with E-state index in [4.69, 9.17) is 12.2 Å². The van der Waals surface area contributed by atoms with Crippen LogP contribution in [0.5, 0.6) is 0 Å². The van der Waals surface area contributed by atoms with Crippen LogP contribution in [0.4, 0.5) is 0 Å². The summed E-state index contributed by atoms with van der Waals surface area (Å²) in [6.07, 6.45) is 1.76. The van der Waals surface area contributed by atoms with Crippen molar-refractivity contribution in [3.8, 4) is 0 Å². The summed E-state index contributed by atoms with van der Waals surface area (Å²) in [7, 11) is 0. The van der Waals surface area contributed by atoms with E-state index in [1.165, 1.54) is 22.9 Å². The molecule has 0 bridgehead atoms. The predicted octanol–water partition coefficient (Wildman–Crippen LogP) is 3.60. The number of rotatable bonds is 5. The Morgan fingerprint density at radius 1 is 0.955 bits per heavy atom. The number of hydrogen-bond acceptors (Lipinski definition) is 3. The zero-order valence-electron chi connectivity index (χ0n) is 12.1. The SMILES string of the molecule is O=C1NC(=S)S[C@H]1C(Cc1ccccc1)Cc1ccccc1. The molecule has 1 atom stereocenters. The fraction of sp³-hybridized carbons (Fsp3) is 0.222. The van der Waals surface area contributed by atoms with Crippen molar-refractivity contribution in [2.75, 3.05) is 0 Å². The third kappa shape index (κ3) is 3.76. The van der Waals surface area contributed by atoms with E-state index in [1.54, 1.807) is 0 Å². The summed E-state index contributed by atoms with van der Waals surface area (Å²) >= 11 is 6.64. The van der Waals surface area contributed by atoms with Gasteiger partial charge >= 0.3 is 0 Å². The first kappa shape index (κ1) is 15.3. The summed E-state index contributed by atoms with van der Waals surface area (Å²) in [4.78, 5) is 12.2. The standard InChI is InChI=1S/C18H17NOS2/c20-17-16(22-18(21)19-17)15(11-13-7-3-1-4-8-13)12-14-9-5-2-6-10-14/h1-10,15-16H,11-12H2,(H,19,20,21)/t16-/m0/s1. The van der Waals surface area contributed by atoms with Crippen LogP contribution < -0.4 is 5.32 Å². The second kappa shape index (κ2) is 7.07. The number of benzene rings is 2. The third-order valence-corrected chi connectivity index (χ3v) is 5.39. The molecule has 1 aliphatic rings. The molecule has 1 saturated heterocycles. The zero-order valence-corrected chi connectivity index (χ0v) is 13.7. The first-order valence-electron chi connectivity index (χ1n) is 7.32. The fourth-order valence-corrected chi connectivity index (χ4v) is 4.15. The number of thiocarbonyl (C=S) groups is 1. The summed E-state index contributed by atoms with van der Waals surface area (Å²) in [5, 5.41) is 2.67. The Balaban J connectivity index is 1.82. The molecule has 0 spiro atoms. The van der Waals surface area contributed by atoms with Crippen molar-refractivity contribution in [2.45, 2.75) is 18.1 Å². The van der Waals surface area contributed by atoms with Gasteiger partial charge in [0.05, 0.1) is 5.25 Å². The van der Waals surface area contributed by atoms with Gasteiger partial charge in [-0.25, -0.2) is 0 Å². The molecule has 0 unspecified atom stereocenters. The molecule has 2 aromatic rings. The van der Waals surface area contributed by atoms with Gasteiger partial charge in [0.25, 0.3) is 0 Å². The molecule has 1 heterocycles. The Kier molecular flexibility index (Phi) is 4.90. The zero-order chi connectivity index (χ0) is 15.4. The lowest BCUT2D eigenvalue weighted by atomic mass is 9.89. The van der Waals surface area contributed by atoms with Crippen LogP contribution in [0.3, 0.4) is 0 Å². The van der Waals surface area contributed by atoms with Crippen molar-refractivity contribution in [3.63, 3.8) is 0 Å². The molecule has 2 nitrogen and oxygen atoms in total. The van der Waals surface area contributed by atoms with Crippen molar-refractivity contribution >= 4 is 34.2 Å². The average Bonchev–Trinajstić information content (AvgIpc) is 2.87. The monoisotopic (exact) mass is 327 g/mol. The van der Waals surface area contributed by atoms with Crippen molar-refractivity contribution in [3.05, 3.63) is 71.8 Å². The number of thioether (sulfide) groups is 1. The van der Waals surface area contributed by atoms with Crippen LogP contribution >= 0.6 is 24.0 Å². The van der Waals surface area contributed by atoms with E-state index < -0.39 is 0 Å². The molecule has 0 radical (unpaired) electrons. The van der Waals surface area contributed by atoms with Gasteiger partial charge in [-0.1, -0.05) is 84.6 Å². The van der Waals surface area contributed by atoms with Crippen LogP contribution in [0, 0.1) is 5.92 Å². The highest BCUT2D eigenvalue weighted by Crippen LogP contribution is 2.31. The average molecular weight is 327 g/mol. The molecule has 1 N–H and O–H groups in total. The van der Waals surface area contributed by atoms with Gasteiger partial charge in [0.2, 0.25) is 5.91 Å². The molecule has 112 valence electrons. The highest BCUT2D eigenvalue weighted by Gasteiger charge is 2.35. The molecule has 1 fully saturated rings. The van der Waals surface area contributed by atoms with Crippen molar-refractivity contribution in [1.82, 2.24) is 5.32 Å². The number of amides is 1. The molecule has 0 aromatic heterocycles. The second-order valence-corrected chi connectivity index (χ2v) is 7.27. The van der Waals surface area contributed by atoms with E-state index in [0.29, 0.717) is 4.32 Å². The van der Waals surface area contributed by atoms with Gasteiger partial charge in [0.15, 0.2) is 0 Å². The van der Waals surface area contributed by atoms with E-state index in [1.807, 2.05) is 36.4 Å². The Morgan fingerprint density at radius 2 is 1.45 bits per heavy atom. The van der Waals surface area contributed by atoms with E-state index >= 15 is 0 Å². The van der Waals surface area contributed by atoms with Gasteiger partial charge in [-0.2, -0.15) is 0 Å². The molecule has 0 aliphatic carbocycles. The van der Waals surface area contributed by atoms with E-state index in [-0.39, 0.29) is 17.1 Å². The van der Waals surface area contributed by atoms with Crippen LogP contribution in [0.2, 0.25) is 0 Å². The number of nitrogens with one attached hydrogen (secondary N) is 1. The predicted molar refractivity (Wildman–Crippen MR) is 95.9 cm³/mol. The maximum Gasteiger partial charge on any atom is 0.239 e. The lowest BCUT2D eigenvalue weighted by Gasteiger charge is -2.21. The molecular weight excluding hydrogens is 310 g/mol. The van der Waals surface area contributed by atoms with E-state index in [0.717, 1.165) is 12.8 Å². The van der Waals surface area contributed by atoms with Gasteiger partial charge < -0.3 is 5.32 Å². The van der Waals surface area contributed by atoms with Gasteiger partial charge in [0.1, 0.15) is 4.32 Å². The smallest absolute Gasteiger partial charge is 0.239 e. The Morgan fingerprint density at radius 3 is 1.86 bits per heavy atom. The van der Waals surface area contributed by atoms with Gasteiger partial charge in [-0.3, -0.25) is 4.79 Å². The molecule has 1 aliphatic heterocycles. The molecule has 0 saturated carbocycles. The summed E-state index contributed by atoms with van der Waals surface area (Å²) in [6, 6.07) is 20.7. The lowest BCUT2D eigenvalue weighted by molar-refractivity contribution is -0.119. The highest BCUT2D eigenvalue weighted by molar-refractivity contribution is 8.24. The van der Waals surface area contributed by atoms with Crippen LogP contribution in [0.25, 0.3) is 0 Å². The van der Waals surface area contributed by atoms with E-state index in [9.17, 15) is 4.79 Å². The lowest BCUT2D eigenvalue weighted by Crippen LogP contribution is -2.31. The first-order chi connectivity index (χ1) is 10.7. The Labute approximate surface area is 140 Å². The number of carbonyl (C=O) groups excluding carboxylic acids is 1. The molecule has 3 rings (SSSR count). The number of hydrogen-bond donors (Lipinski definition) is 1. The minimum Gasteiger partial charge on any atom is -0.311 e. The summed E-state index contributed by atoms with van der Waals surface area (Å²) in [5.41, 5.74) is 2.52. The highest BCUT2D eigenvalue weighted by atomic mass is 32.2. The van der Waals surface area contributed by atoms with Crippen LogP contribution in [-0.2, 0) is 17.6 Å². The van der Waals surface area contributed by atoms with Crippen LogP contribution in [0.1, 0.15) is 11.1 Å². The molecule has 4 heteroatoms. The molecular formula is C18H17NOS2. The Bertz CT molecular complexity index is 616. The van der Waals surface area contributed by atoms with Crippen LogP contribution in [-0.4, -0.2) is 15.5 Å². The summed E-state index contributed by atoms with van der Waals surface area (Å²) < 4.78 is 0.598. The largest absolute Gasteiger partial charge is 0.311 e. The van der Waals surface area contributed by atoms with Crippen molar-refractivity contribution in [2.24, 2.45) is 5.92 Å². The van der Waals surface area contributed by atoms with Gasteiger partial charge in [0, 0.05) is 0 Å². The fourth-order valence-electron chi connectivity index (χ4n) is 2.80.